The van der Waals surface area contributed by atoms with Gasteiger partial charge in [0.2, 0.25) is 15.9 Å². The Kier molecular flexibility index (Phi) is 8.87. The highest BCUT2D eigenvalue weighted by Crippen LogP contribution is 2.33. The van der Waals surface area contributed by atoms with Crippen LogP contribution in [0.5, 0.6) is 5.75 Å². The molecule has 200 valence electrons. The number of hydrogen-bond acceptors (Lipinski definition) is 5. The fourth-order valence-electron chi connectivity index (χ4n) is 4.78. The maximum atomic E-state index is 14.0. The minimum absolute atomic E-state index is 0.0322. The smallest absolute Gasteiger partial charge is 0.247 e. The molecular formula is C29H31ClN2O5S. The molecule has 1 amide bonds. The second-order valence-corrected chi connectivity index (χ2v) is 11.7. The standard InChI is InChI=1S/C29H31ClN2O5S/c1-20-13-16-26(37-2)27(17-20)38(35,36)32(23-11-7-4-8-12-23)19-28(33)31-25-15-14-22(30)18-24(25)29(34)21-9-5-3-6-10-21/h3,5-6,9-10,13-18,23H,4,7-8,11-12,19H2,1-2H3,(H,31,33). The van der Waals surface area contributed by atoms with Crippen LogP contribution in [0.15, 0.2) is 71.6 Å². The van der Waals surface area contributed by atoms with Gasteiger partial charge in [0.25, 0.3) is 0 Å². The summed E-state index contributed by atoms with van der Waals surface area (Å²) in [5.41, 5.74) is 1.71. The zero-order valence-electron chi connectivity index (χ0n) is 21.4. The van der Waals surface area contributed by atoms with Crippen molar-refractivity contribution in [1.82, 2.24) is 4.31 Å². The van der Waals surface area contributed by atoms with Crippen molar-refractivity contribution in [3.05, 3.63) is 88.4 Å². The van der Waals surface area contributed by atoms with E-state index >= 15 is 0 Å². The number of aryl methyl sites for hydroxylation is 1. The molecule has 0 heterocycles. The van der Waals surface area contributed by atoms with Gasteiger partial charge in [0.15, 0.2) is 5.78 Å². The number of nitrogens with zero attached hydrogens (tertiary/aromatic N) is 1. The van der Waals surface area contributed by atoms with E-state index in [0.717, 1.165) is 24.8 Å². The van der Waals surface area contributed by atoms with Gasteiger partial charge in [-0.1, -0.05) is 67.3 Å². The molecule has 0 saturated heterocycles. The van der Waals surface area contributed by atoms with E-state index in [1.165, 1.54) is 17.5 Å². The number of ketones is 1. The monoisotopic (exact) mass is 554 g/mol. The molecule has 7 nitrogen and oxygen atoms in total. The maximum absolute atomic E-state index is 14.0. The molecule has 38 heavy (non-hydrogen) atoms. The van der Waals surface area contributed by atoms with Crippen LogP contribution in [0.25, 0.3) is 0 Å². The summed E-state index contributed by atoms with van der Waals surface area (Å²) in [7, 11) is -2.65. The van der Waals surface area contributed by atoms with Crippen LogP contribution in [0.1, 0.15) is 53.6 Å². The molecule has 0 spiro atoms. The molecule has 0 aromatic heterocycles. The summed E-state index contributed by atoms with van der Waals surface area (Å²) in [5, 5.41) is 3.11. The number of sulfonamides is 1. The van der Waals surface area contributed by atoms with Crippen molar-refractivity contribution in [2.45, 2.75) is 50.0 Å². The predicted octanol–water partition coefficient (Wildman–Crippen LogP) is 5.85. The molecule has 9 heteroatoms. The van der Waals surface area contributed by atoms with E-state index in [4.69, 9.17) is 16.3 Å². The van der Waals surface area contributed by atoms with Gasteiger partial charge in [-0.3, -0.25) is 9.59 Å². The van der Waals surface area contributed by atoms with E-state index in [0.29, 0.717) is 23.4 Å². The third-order valence-corrected chi connectivity index (χ3v) is 8.88. The maximum Gasteiger partial charge on any atom is 0.247 e. The Balaban J connectivity index is 1.65. The summed E-state index contributed by atoms with van der Waals surface area (Å²) >= 11 is 6.18. The summed E-state index contributed by atoms with van der Waals surface area (Å²) in [4.78, 5) is 26.6. The number of hydrogen-bond donors (Lipinski definition) is 1. The van der Waals surface area contributed by atoms with Gasteiger partial charge in [-0.2, -0.15) is 4.31 Å². The topological polar surface area (TPSA) is 92.8 Å². The lowest BCUT2D eigenvalue weighted by Crippen LogP contribution is -2.45. The number of ether oxygens (including phenoxy) is 1. The van der Waals surface area contributed by atoms with Crippen LogP contribution in [0.2, 0.25) is 5.02 Å². The van der Waals surface area contributed by atoms with Gasteiger partial charge in [0, 0.05) is 22.2 Å². The Morgan fingerprint density at radius 2 is 1.71 bits per heavy atom. The van der Waals surface area contributed by atoms with Crippen LogP contribution in [-0.2, 0) is 14.8 Å². The number of methoxy groups -OCH3 is 1. The van der Waals surface area contributed by atoms with Gasteiger partial charge >= 0.3 is 0 Å². The van der Waals surface area contributed by atoms with E-state index in [-0.39, 0.29) is 33.7 Å². The minimum atomic E-state index is -4.07. The molecule has 1 aliphatic rings. The van der Waals surface area contributed by atoms with Gasteiger partial charge in [-0.25, -0.2) is 8.42 Å². The van der Waals surface area contributed by atoms with Crippen LogP contribution >= 0.6 is 11.6 Å². The average molecular weight is 555 g/mol. The molecule has 0 atom stereocenters. The van der Waals surface area contributed by atoms with Crippen LogP contribution in [-0.4, -0.2) is 44.1 Å². The number of nitrogens with one attached hydrogen (secondary N) is 1. The zero-order chi connectivity index (χ0) is 27.3. The van der Waals surface area contributed by atoms with E-state index in [2.05, 4.69) is 5.32 Å². The number of halogens is 1. The number of anilines is 1. The lowest BCUT2D eigenvalue weighted by atomic mass is 9.95. The van der Waals surface area contributed by atoms with E-state index in [1.54, 1.807) is 60.7 Å². The van der Waals surface area contributed by atoms with Gasteiger partial charge in [0.1, 0.15) is 10.6 Å². The lowest BCUT2D eigenvalue weighted by molar-refractivity contribution is -0.116. The molecule has 0 radical (unpaired) electrons. The van der Waals surface area contributed by atoms with Crippen LogP contribution < -0.4 is 10.1 Å². The first-order chi connectivity index (χ1) is 18.2. The van der Waals surface area contributed by atoms with Gasteiger partial charge in [-0.15, -0.1) is 0 Å². The van der Waals surface area contributed by atoms with Crippen molar-refractivity contribution in [1.29, 1.82) is 0 Å². The first kappa shape index (κ1) is 27.8. The number of rotatable bonds is 9. The summed E-state index contributed by atoms with van der Waals surface area (Å²) in [5.74, 6) is -0.620. The Morgan fingerprint density at radius 3 is 2.39 bits per heavy atom. The third-order valence-electron chi connectivity index (χ3n) is 6.72. The van der Waals surface area contributed by atoms with E-state index < -0.39 is 22.5 Å². The fourth-order valence-corrected chi connectivity index (χ4v) is 6.84. The number of amides is 1. The van der Waals surface area contributed by atoms with E-state index in [9.17, 15) is 18.0 Å². The Bertz CT molecular complexity index is 1420. The normalized spacial score (nSPS) is 14.3. The molecule has 3 aromatic carbocycles. The SMILES string of the molecule is COc1ccc(C)cc1S(=O)(=O)N(CC(=O)Nc1ccc(Cl)cc1C(=O)c1ccccc1)C1CCCCC1. The zero-order valence-corrected chi connectivity index (χ0v) is 23.0. The second kappa shape index (κ2) is 12.1. The lowest BCUT2D eigenvalue weighted by Gasteiger charge is -2.33. The molecule has 4 rings (SSSR count). The molecule has 1 aliphatic carbocycles. The Hall–Kier alpha value is -3.20. The Labute approximate surface area is 228 Å². The molecular weight excluding hydrogens is 524 g/mol. The van der Waals surface area contributed by atoms with Gasteiger partial charge in [-0.05, 0) is 55.7 Å². The largest absolute Gasteiger partial charge is 0.495 e. The highest BCUT2D eigenvalue weighted by Gasteiger charge is 2.36. The summed E-state index contributed by atoms with van der Waals surface area (Å²) in [6.07, 6.45) is 4.13. The van der Waals surface area contributed by atoms with Crippen LogP contribution in [0, 0.1) is 6.92 Å². The highest BCUT2D eigenvalue weighted by molar-refractivity contribution is 7.89. The first-order valence-electron chi connectivity index (χ1n) is 12.6. The van der Waals surface area contributed by atoms with E-state index in [1.807, 2.05) is 6.92 Å². The first-order valence-corrected chi connectivity index (χ1v) is 14.4. The van der Waals surface area contributed by atoms with Crippen molar-refractivity contribution in [2.24, 2.45) is 0 Å². The number of benzene rings is 3. The molecule has 0 unspecified atom stereocenters. The van der Waals surface area contributed by atoms with Crippen LogP contribution in [0.4, 0.5) is 5.69 Å². The molecule has 1 saturated carbocycles. The average Bonchev–Trinajstić information content (AvgIpc) is 2.93. The summed E-state index contributed by atoms with van der Waals surface area (Å²) in [6.45, 7) is 1.41. The van der Waals surface area contributed by atoms with Crippen molar-refractivity contribution in [2.75, 3.05) is 19.0 Å². The molecule has 0 bridgehead atoms. The molecule has 3 aromatic rings. The van der Waals surface area contributed by atoms with Gasteiger partial charge < -0.3 is 10.1 Å². The van der Waals surface area contributed by atoms with Crippen LogP contribution in [0.3, 0.4) is 0 Å². The summed E-state index contributed by atoms with van der Waals surface area (Å²) in [6, 6.07) is 18.0. The molecule has 1 N–H and O–H groups in total. The quantitative estimate of drug-likeness (QED) is 0.335. The van der Waals surface area contributed by atoms with Gasteiger partial charge in [0.05, 0.1) is 19.3 Å². The number of carbonyl (C=O) groups excluding carboxylic acids is 2. The summed E-state index contributed by atoms with van der Waals surface area (Å²) < 4.78 is 34.6. The van der Waals surface area contributed by atoms with Crippen molar-refractivity contribution in [3.63, 3.8) is 0 Å². The van der Waals surface area contributed by atoms with Crippen molar-refractivity contribution >= 4 is 39.0 Å². The third kappa shape index (κ3) is 6.26. The van der Waals surface area contributed by atoms with Crippen molar-refractivity contribution < 1.29 is 22.7 Å². The molecule has 0 aliphatic heterocycles. The fraction of sp³-hybridized carbons (Fsp3) is 0.310. The molecule has 1 fully saturated rings. The second-order valence-electron chi connectivity index (χ2n) is 9.43. The number of carbonyl (C=O) groups is 2. The minimum Gasteiger partial charge on any atom is -0.495 e. The predicted molar refractivity (Wildman–Crippen MR) is 148 cm³/mol. The Morgan fingerprint density at radius 1 is 1.00 bits per heavy atom. The van der Waals surface area contributed by atoms with Crippen molar-refractivity contribution in [3.8, 4) is 5.75 Å². The highest BCUT2D eigenvalue weighted by atomic mass is 35.5.